The van der Waals surface area contributed by atoms with Crippen molar-refractivity contribution >= 4 is 37.5 Å². The van der Waals surface area contributed by atoms with E-state index in [1.165, 1.54) is 19.3 Å². The molecule has 1 heterocycles. The normalized spacial score (nSPS) is 20.6. The average molecular weight is 567 g/mol. The number of aliphatic imine (C=N–C) groups is 1. The van der Waals surface area contributed by atoms with Crippen LogP contribution in [0, 0.1) is 0 Å². The van der Waals surface area contributed by atoms with Gasteiger partial charge in [-0.3, -0.25) is 14.6 Å². The molecule has 1 saturated heterocycles. The van der Waals surface area contributed by atoms with Gasteiger partial charge in [-0.2, -0.15) is 0 Å². The third kappa shape index (κ3) is 8.93. The van der Waals surface area contributed by atoms with Crippen molar-refractivity contribution in [2.75, 3.05) is 13.7 Å². The van der Waals surface area contributed by atoms with Crippen molar-refractivity contribution in [2.45, 2.75) is 57.6 Å². The van der Waals surface area contributed by atoms with Gasteiger partial charge in [0, 0.05) is 25.1 Å². The van der Waals surface area contributed by atoms with Crippen LogP contribution in [0.15, 0.2) is 59.7 Å². The van der Waals surface area contributed by atoms with E-state index < -0.39 is 45.2 Å². The summed E-state index contributed by atoms with van der Waals surface area (Å²) in [5, 5.41) is 9.57. The highest BCUT2D eigenvalue weighted by Gasteiger charge is 2.51. The number of hydrogen-bond donors (Lipinski definition) is 3. The number of amidine groups is 1. The van der Waals surface area contributed by atoms with Crippen molar-refractivity contribution in [3.63, 3.8) is 0 Å². The van der Waals surface area contributed by atoms with E-state index in [9.17, 15) is 18.4 Å². The molecule has 0 spiro atoms. The monoisotopic (exact) mass is 566 g/mol. The van der Waals surface area contributed by atoms with Gasteiger partial charge in [-0.25, -0.2) is 13.9 Å². The zero-order valence-corrected chi connectivity index (χ0v) is 23.0. The Balaban J connectivity index is 1.70. The van der Waals surface area contributed by atoms with Crippen LogP contribution in [-0.4, -0.2) is 62.3 Å². The number of nitrogens with one attached hydrogen (secondary N) is 3. The molecule has 1 aliphatic rings. The minimum atomic E-state index is -3.23. The summed E-state index contributed by atoms with van der Waals surface area (Å²) in [5.74, 6) is -3.13. The number of fused-ring (bicyclic) bond motifs is 1. The van der Waals surface area contributed by atoms with E-state index in [1.807, 2.05) is 36.4 Å². The van der Waals surface area contributed by atoms with Crippen LogP contribution in [0.1, 0.15) is 27.2 Å². The van der Waals surface area contributed by atoms with Crippen LogP contribution in [0.5, 0.6) is 5.75 Å². The van der Waals surface area contributed by atoms with Crippen molar-refractivity contribution < 1.29 is 36.9 Å². The Bertz CT molecular complexity index is 1180. The SMILES string of the molecule is CN=C(/C=C\NC=O)NC1OC(COP(NC(C)C(=O)OC(C)C)Oc2cccc3ccccc23)CC1(F)F. The highest BCUT2D eigenvalue weighted by Crippen LogP contribution is 2.41. The Morgan fingerprint density at radius 3 is 2.69 bits per heavy atom. The molecular weight excluding hydrogens is 533 g/mol. The van der Waals surface area contributed by atoms with E-state index in [0.717, 1.165) is 10.8 Å². The van der Waals surface area contributed by atoms with Crippen molar-refractivity contribution in [3.05, 3.63) is 54.7 Å². The predicted molar refractivity (Wildman–Crippen MR) is 144 cm³/mol. The van der Waals surface area contributed by atoms with Gasteiger partial charge in [0.1, 0.15) is 17.6 Å². The molecule has 212 valence electrons. The fraction of sp³-hybridized carbons (Fsp3) is 0.423. The number of carbonyl (C=O) groups excluding carboxylic acids is 2. The molecule has 0 radical (unpaired) electrons. The highest BCUT2D eigenvalue weighted by atomic mass is 31.2. The summed E-state index contributed by atoms with van der Waals surface area (Å²) >= 11 is 0. The first kappa shape index (κ1) is 30.4. The quantitative estimate of drug-likeness (QED) is 0.109. The number of amides is 1. The van der Waals surface area contributed by atoms with Gasteiger partial charge >= 0.3 is 14.5 Å². The Labute approximate surface area is 227 Å². The van der Waals surface area contributed by atoms with Crippen LogP contribution in [0.4, 0.5) is 8.78 Å². The third-order valence-electron chi connectivity index (χ3n) is 5.45. The van der Waals surface area contributed by atoms with E-state index in [4.69, 9.17) is 18.5 Å². The Hall–Kier alpha value is -3.18. The number of hydrogen-bond acceptors (Lipinski definition) is 8. The van der Waals surface area contributed by atoms with Gasteiger partial charge in [0.05, 0.1) is 18.8 Å². The first-order valence-corrected chi connectivity index (χ1v) is 13.5. The number of esters is 1. The van der Waals surface area contributed by atoms with Gasteiger partial charge in [0.25, 0.3) is 5.92 Å². The molecule has 10 nitrogen and oxygen atoms in total. The highest BCUT2D eigenvalue weighted by molar-refractivity contribution is 7.45. The lowest BCUT2D eigenvalue weighted by atomic mass is 10.1. The lowest BCUT2D eigenvalue weighted by Gasteiger charge is -2.24. The summed E-state index contributed by atoms with van der Waals surface area (Å²) < 4.78 is 52.3. The van der Waals surface area contributed by atoms with Crippen molar-refractivity contribution in [1.29, 1.82) is 0 Å². The van der Waals surface area contributed by atoms with E-state index in [1.54, 1.807) is 26.8 Å². The Morgan fingerprint density at radius 1 is 1.23 bits per heavy atom. The van der Waals surface area contributed by atoms with Gasteiger partial charge in [-0.1, -0.05) is 36.4 Å². The molecule has 39 heavy (non-hydrogen) atoms. The average Bonchev–Trinajstić information content (AvgIpc) is 3.19. The molecule has 1 fully saturated rings. The van der Waals surface area contributed by atoms with E-state index in [0.29, 0.717) is 12.2 Å². The lowest BCUT2D eigenvalue weighted by molar-refractivity contribution is -0.149. The minimum Gasteiger partial charge on any atom is -0.462 e. The molecule has 4 atom stereocenters. The lowest BCUT2D eigenvalue weighted by Crippen LogP contribution is -2.44. The molecule has 1 amide bonds. The minimum absolute atomic E-state index is 0.0938. The summed E-state index contributed by atoms with van der Waals surface area (Å²) in [5.41, 5.74) is 0. The fourth-order valence-corrected chi connectivity index (χ4v) is 4.87. The van der Waals surface area contributed by atoms with Crippen LogP contribution >= 0.6 is 8.53 Å². The molecule has 3 N–H and O–H groups in total. The standard InChI is InChI=1S/C26H33F2N4O6P/c1-17(2)36-24(34)18(3)32-39(38-22-11-7-9-19-8-5-6-10-21(19)22)35-15-20-14-26(27,28)25(37-20)31-23(29-4)12-13-30-16-33/h5-13,16-18,20,25,32H,14-15H2,1-4H3,(H,29,31)(H,30,33)/b13-12-. The van der Waals surface area contributed by atoms with Gasteiger partial charge in [-0.15, -0.1) is 0 Å². The molecule has 0 aliphatic carbocycles. The predicted octanol–water partition coefficient (Wildman–Crippen LogP) is 4.02. The van der Waals surface area contributed by atoms with E-state index in [-0.39, 0.29) is 18.5 Å². The van der Waals surface area contributed by atoms with Crippen molar-refractivity contribution in [3.8, 4) is 5.75 Å². The van der Waals surface area contributed by atoms with E-state index in [2.05, 4.69) is 20.7 Å². The number of halogens is 2. The Morgan fingerprint density at radius 2 is 1.97 bits per heavy atom. The van der Waals surface area contributed by atoms with Gasteiger partial charge in [0.2, 0.25) is 6.41 Å². The number of benzene rings is 2. The molecule has 1 aliphatic heterocycles. The van der Waals surface area contributed by atoms with Crippen molar-refractivity contribution in [2.24, 2.45) is 4.99 Å². The molecular formula is C26H33F2N4O6P. The van der Waals surface area contributed by atoms with Crippen molar-refractivity contribution in [1.82, 2.24) is 15.7 Å². The number of nitrogens with zero attached hydrogens (tertiary/aromatic N) is 1. The van der Waals surface area contributed by atoms with Gasteiger partial charge < -0.3 is 29.2 Å². The maximum absolute atomic E-state index is 14.7. The van der Waals surface area contributed by atoms with Crippen LogP contribution in [0.3, 0.4) is 0 Å². The van der Waals surface area contributed by atoms with E-state index >= 15 is 0 Å². The number of carbonyl (C=O) groups is 2. The van der Waals surface area contributed by atoms with Gasteiger partial charge in [-0.05, 0) is 38.3 Å². The summed E-state index contributed by atoms with van der Waals surface area (Å²) in [6, 6.07) is 12.3. The summed E-state index contributed by atoms with van der Waals surface area (Å²) in [6.45, 7) is 4.85. The topological polar surface area (TPSA) is 120 Å². The first-order valence-electron chi connectivity index (χ1n) is 12.3. The maximum atomic E-state index is 14.7. The second kappa shape index (κ2) is 14.3. The summed E-state index contributed by atoms with van der Waals surface area (Å²) in [7, 11) is -0.558. The molecule has 13 heteroatoms. The molecule has 3 rings (SSSR count). The zero-order chi connectivity index (χ0) is 28.4. The first-order chi connectivity index (χ1) is 18.6. The zero-order valence-electron chi connectivity index (χ0n) is 22.1. The largest absolute Gasteiger partial charge is 0.462 e. The second-order valence-electron chi connectivity index (χ2n) is 8.93. The van der Waals surface area contributed by atoms with Crippen LogP contribution in [-0.2, 0) is 23.6 Å². The molecule has 4 unspecified atom stereocenters. The molecule has 0 bridgehead atoms. The second-order valence-corrected chi connectivity index (χ2v) is 10.1. The van der Waals surface area contributed by atoms with Crippen LogP contribution in [0.2, 0.25) is 0 Å². The molecule has 2 aromatic carbocycles. The van der Waals surface area contributed by atoms with Gasteiger partial charge in [0.15, 0.2) is 6.23 Å². The molecule has 2 aromatic rings. The smallest absolute Gasteiger partial charge is 0.323 e. The number of alkyl halides is 2. The maximum Gasteiger partial charge on any atom is 0.323 e. The molecule has 0 saturated carbocycles. The number of ether oxygens (including phenoxy) is 2. The third-order valence-corrected chi connectivity index (χ3v) is 6.79. The summed E-state index contributed by atoms with van der Waals surface area (Å²) in [4.78, 5) is 26.7. The van der Waals surface area contributed by atoms with Crippen LogP contribution < -0.4 is 20.2 Å². The number of rotatable bonds is 13. The van der Waals surface area contributed by atoms with Crippen LogP contribution in [0.25, 0.3) is 10.8 Å². The fourth-order valence-electron chi connectivity index (χ4n) is 3.63. The summed E-state index contributed by atoms with van der Waals surface area (Å²) in [6.07, 6.45) is -0.542. The molecule has 0 aromatic heterocycles. The Kier molecular flexibility index (Phi) is 11.1.